The molecule has 3 aromatic rings. The third-order valence-electron chi connectivity index (χ3n) is 6.27. The highest BCUT2D eigenvalue weighted by Gasteiger charge is 2.46. The highest BCUT2D eigenvalue weighted by Crippen LogP contribution is 2.44. The first kappa shape index (κ1) is 23.6. The SMILES string of the molecule is Cc1cc(Cl)cc(-c2ccnc3cc(CN4C(=O)SC(C)(C)C4=O)sc23)c1O[C@@H]1CCC[C@@H]1F. The third-order valence-corrected chi connectivity index (χ3v) is 8.71. The van der Waals surface area contributed by atoms with E-state index in [1.54, 1.807) is 20.0 Å². The van der Waals surface area contributed by atoms with Crippen molar-refractivity contribution in [3.05, 3.63) is 45.9 Å². The standard InChI is InChI=1S/C25H24ClFN2O3S2/c1-13-9-14(26)10-17(21(13)32-20-6-4-5-18(20)27)16-7-8-28-19-11-15(33-22(16)19)12-29-23(30)25(2,3)34-24(29)31/h7-11,18,20H,4-6,12H2,1-3H3/t18-,20+/m0/s1. The number of carbonyl (C=O) groups is 2. The number of carbonyl (C=O) groups excluding carboxylic acids is 2. The van der Waals surface area contributed by atoms with E-state index in [9.17, 15) is 14.0 Å². The Morgan fingerprint density at radius 1 is 1.24 bits per heavy atom. The molecular formula is C25H24ClFN2O3S2. The van der Waals surface area contributed by atoms with Crippen molar-refractivity contribution in [2.75, 3.05) is 0 Å². The zero-order valence-corrected chi connectivity index (χ0v) is 21.5. The lowest BCUT2D eigenvalue weighted by Gasteiger charge is -2.21. The lowest BCUT2D eigenvalue weighted by Crippen LogP contribution is -2.34. The molecule has 3 heterocycles. The van der Waals surface area contributed by atoms with Gasteiger partial charge < -0.3 is 4.74 Å². The van der Waals surface area contributed by atoms with Gasteiger partial charge >= 0.3 is 0 Å². The van der Waals surface area contributed by atoms with Gasteiger partial charge in [-0.05, 0) is 81.6 Å². The van der Waals surface area contributed by atoms with Crippen LogP contribution in [0.4, 0.5) is 9.18 Å². The van der Waals surface area contributed by atoms with E-state index in [2.05, 4.69) is 4.98 Å². The Hall–Kier alpha value is -2.16. The molecule has 178 valence electrons. The number of rotatable bonds is 5. The summed E-state index contributed by atoms with van der Waals surface area (Å²) in [6.45, 7) is 5.64. The number of thiophene rings is 1. The van der Waals surface area contributed by atoms with E-state index in [4.69, 9.17) is 16.3 Å². The number of hydrogen-bond donors (Lipinski definition) is 0. The van der Waals surface area contributed by atoms with Crippen LogP contribution in [-0.2, 0) is 11.3 Å². The average Bonchev–Trinajstić information content (AvgIpc) is 3.42. The molecule has 1 saturated heterocycles. The molecule has 0 unspecified atom stereocenters. The normalized spacial score (nSPS) is 22.2. The third kappa shape index (κ3) is 4.20. The first-order chi connectivity index (χ1) is 16.1. The van der Waals surface area contributed by atoms with Gasteiger partial charge in [0.05, 0.1) is 21.5 Å². The van der Waals surface area contributed by atoms with Gasteiger partial charge in [0.15, 0.2) is 0 Å². The summed E-state index contributed by atoms with van der Waals surface area (Å²) in [5, 5.41) is 0.330. The van der Waals surface area contributed by atoms with Gasteiger partial charge in [-0.1, -0.05) is 11.6 Å². The van der Waals surface area contributed by atoms with Crippen molar-refractivity contribution in [2.45, 2.75) is 63.6 Å². The number of amides is 2. The minimum atomic E-state index is -0.980. The van der Waals surface area contributed by atoms with Crippen LogP contribution in [0.1, 0.15) is 43.6 Å². The number of aryl methyl sites for hydroxylation is 1. The summed E-state index contributed by atoms with van der Waals surface area (Å²) in [4.78, 5) is 31.7. The first-order valence-electron chi connectivity index (χ1n) is 11.2. The van der Waals surface area contributed by atoms with Crippen LogP contribution in [0, 0.1) is 6.92 Å². The molecular weight excluding hydrogens is 495 g/mol. The molecule has 2 aromatic heterocycles. The Bertz CT molecular complexity index is 1310. The number of ether oxygens (including phenoxy) is 1. The molecule has 0 radical (unpaired) electrons. The van der Waals surface area contributed by atoms with Crippen LogP contribution >= 0.6 is 34.7 Å². The molecule has 1 saturated carbocycles. The van der Waals surface area contributed by atoms with E-state index in [0.29, 0.717) is 23.6 Å². The van der Waals surface area contributed by atoms with Gasteiger partial charge in [-0.25, -0.2) is 4.39 Å². The second kappa shape index (κ2) is 8.81. The number of halogens is 2. The van der Waals surface area contributed by atoms with Gasteiger partial charge in [0.2, 0.25) is 5.91 Å². The average molecular weight is 519 g/mol. The lowest BCUT2D eigenvalue weighted by molar-refractivity contribution is -0.129. The predicted octanol–water partition coefficient (Wildman–Crippen LogP) is 7.17. The van der Waals surface area contributed by atoms with Crippen LogP contribution in [0.2, 0.25) is 5.02 Å². The molecule has 0 N–H and O–H groups in total. The molecule has 5 rings (SSSR count). The summed E-state index contributed by atoms with van der Waals surface area (Å²) in [5.41, 5.74) is 3.27. The summed E-state index contributed by atoms with van der Waals surface area (Å²) >= 11 is 8.95. The molecule has 5 nitrogen and oxygen atoms in total. The fourth-order valence-corrected chi connectivity index (χ4v) is 6.84. The topological polar surface area (TPSA) is 59.5 Å². The zero-order valence-electron chi connectivity index (χ0n) is 19.1. The smallest absolute Gasteiger partial charge is 0.289 e. The Kier molecular flexibility index (Phi) is 6.11. The van der Waals surface area contributed by atoms with E-state index < -0.39 is 17.0 Å². The molecule has 9 heteroatoms. The van der Waals surface area contributed by atoms with Crippen molar-refractivity contribution in [2.24, 2.45) is 0 Å². The number of hydrogen-bond acceptors (Lipinski definition) is 6. The molecule has 0 bridgehead atoms. The van der Waals surface area contributed by atoms with Crippen molar-refractivity contribution in [3.8, 4) is 16.9 Å². The molecule has 0 spiro atoms. The largest absolute Gasteiger partial charge is 0.486 e. The number of alkyl halides is 1. The number of nitrogens with zero attached hydrogens (tertiary/aromatic N) is 2. The summed E-state index contributed by atoms with van der Waals surface area (Å²) in [6.07, 6.45) is 2.28. The molecule has 34 heavy (non-hydrogen) atoms. The van der Waals surface area contributed by atoms with Gasteiger partial charge in [0.25, 0.3) is 5.24 Å². The summed E-state index contributed by atoms with van der Waals surface area (Å²) in [6, 6.07) is 7.47. The van der Waals surface area contributed by atoms with Crippen LogP contribution in [-0.4, -0.2) is 38.1 Å². The predicted molar refractivity (Wildman–Crippen MR) is 136 cm³/mol. The first-order valence-corrected chi connectivity index (χ1v) is 13.2. The number of pyridine rings is 1. The second-order valence-corrected chi connectivity index (χ2v) is 12.4. The van der Waals surface area contributed by atoms with Crippen LogP contribution in [0.15, 0.2) is 30.5 Å². The molecule has 2 aliphatic rings. The number of benzene rings is 1. The van der Waals surface area contributed by atoms with Crippen molar-refractivity contribution in [3.63, 3.8) is 0 Å². The van der Waals surface area contributed by atoms with Crippen molar-refractivity contribution in [1.82, 2.24) is 9.88 Å². The molecule has 2 fully saturated rings. The highest BCUT2D eigenvalue weighted by atomic mass is 35.5. The van der Waals surface area contributed by atoms with Gasteiger partial charge in [0, 0.05) is 27.2 Å². The van der Waals surface area contributed by atoms with E-state index in [-0.39, 0.29) is 17.7 Å². The second-order valence-electron chi connectivity index (χ2n) is 9.26. The molecule has 2 atom stereocenters. The maximum atomic E-state index is 14.4. The minimum absolute atomic E-state index is 0.188. The summed E-state index contributed by atoms with van der Waals surface area (Å²) in [5.74, 6) is 0.441. The van der Waals surface area contributed by atoms with E-state index in [1.165, 1.54) is 16.2 Å². The fraction of sp³-hybridized carbons (Fsp3) is 0.400. The van der Waals surface area contributed by atoms with Crippen LogP contribution in [0.25, 0.3) is 21.3 Å². The van der Waals surface area contributed by atoms with E-state index in [0.717, 1.165) is 50.0 Å². The number of fused-ring (bicyclic) bond motifs is 1. The van der Waals surface area contributed by atoms with E-state index >= 15 is 0 Å². The lowest BCUT2D eigenvalue weighted by atomic mass is 10.0. The Morgan fingerprint density at radius 3 is 2.71 bits per heavy atom. The number of thioether (sulfide) groups is 1. The maximum absolute atomic E-state index is 14.4. The number of imide groups is 1. The molecule has 1 aromatic carbocycles. The van der Waals surface area contributed by atoms with Crippen molar-refractivity contribution in [1.29, 1.82) is 0 Å². The monoisotopic (exact) mass is 518 g/mol. The zero-order chi connectivity index (χ0) is 24.2. The summed E-state index contributed by atoms with van der Waals surface area (Å²) < 4.78 is 20.7. The van der Waals surface area contributed by atoms with Gasteiger partial charge in [0.1, 0.15) is 18.0 Å². The number of aromatic nitrogens is 1. The van der Waals surface area contributed by atoms with Crippen LogP contribution in [0.3, 0.4) is 0 Å². The Labute approximate surface area is 210 Å². The maximum Gasteiger partial charge on any atom is 0.289 e. The fourth-order valence-electron chi connectivity index (χ4n) is 4.55. The molecule has 2 amide bonds. The van der Waals surface area contributed by atoms with Crippen LogP contribution < -0.4 is 4.74 Å². The van der Waals surface area contributed by atoms with Crippen LogP contribution in [0.5, 0.6) is 5.75 Å². The van der Waals surface area contributed by atoms with Gasteiger partial charge in [-0.3, -0.25) is 19.5 Å². The Balaban J connectivity index is 1.55. The quantitative estimate of drug-likeness (QED) is 0.358. The highest BCUT2D eigenvalue weighted by molar-refractivity contribution is 8.16. The van der Waals surface area contributed by atoms with Crippen molar-refractivity contribution >= 4 is 56.1 Å². The van der Waals surface area contributed by atoms with Crippen molar-refractivity contribution < 1.29 is 18.7 Å². The minimum Gasteiger partial charge on any atom is -0.486 e. The Morgan fingerprint density at radius 2 is 2.03 bits per heavy atom. The molecule has 1 aliphatic carbocycles. The van der Waals surface area contributed by atoms with Gasteiger partial charge in [-0.15, -0.1) is 11.3 Å². The molecule has 1 aliphatic heterocycles. The van der Waals surface area contributed by atoms with E-state index in [1.807, 2.05) is 31.2 Å². The van der Waals surface area contributed by atoms with Gasteiger partial charge in [-0.2, -0.15) is 0 Å². The summed E-state index contributed by atoms with van der Waals surface area (Å²) in [7, 11) is 0.